The van der Waals surface area contributed by atoms with Crippen LogP contribution in [0, 0.1) is 5.92 Å². The van der Waals surface area contributed by atoms with Gasteiger partial charge in [-0.15, -0.1) is 0 Å². The van der Waals surface area contributed by atoms with E-state index >= 15 is 0 Å². The quantitative estimate of drug-likeness (QED) is 0.197. The van der Waals surface area contributed by atoms with Crippen molar-refractivity contribution in [3.63, 3.8) is 0 Å². The van der Waals surface area contributed by atoms with E-state index in [9.17, 15) is 14.4 Å². The Morgan fingerprint density at radius 1 is 0.913 bits per heavy atom. The number of fused-ring (bicyclic) bond motifs is 1. The molecule has 9 heteroatoms. The molecule has 244 valence electrons. The van der Waals surface area contributed by atoms with Crippen molar-refractivity contribution >= 4 is 29.3 Å². The van der Waals surface area contributed by atoms with Crippen molar-refractivity contribution in [1.29, 1.82) is 0 Å². The van der Waals surface area contributed by atoms with E-state index in [-0.39, 0.29) is 35.7 Å². The predicted octanol–water partition coefficient (Wildman–Crippen LogP) is 4.98. The van der Waals surface area contributed by atoms with Crippen LogP contribution in [-0.4, -0.2) is 60.4 Å². The minimum atomic E-state index is -0.708. The monoisotopic (exact) mass is 643 g/mol. The summed E-state index contributed by atoms with van der Waals surface area (Å²) in [4.78, 5) is 43.7. The molecule has 3 aromatic rings. The van der Waals surface area contributed by atoms with Crippen LogP contribution in [0.3, 0.4) is 0 Å². The number of likely N-dealkylation sites (N-methyl/N-ethyl adjacent to an activating group) is 1. The van der Waals surface area contributed by atoms with Gasteiger partial charge < -0.3 is 26.2 Å². The molecule has 5 rings (SSSR count). The summed E-state index contributed by atoms with van der Waals surface area (Å²) in [6.07, 6.45) is 4.27. The minimum absolute atomic E-state index is 0.0368. The van der Waals surface area contributed by atoms with Gasteiger partial charge in [0.05, 0.1) is 12.1 Å². The molecule has 3 aromatic carbocycles. The average molecular weight is 644 g/mol. The average Bonchev–Trinajstić information content (AvgIpc) is 3.46. The first-order valence-electron chi connectivity index (χ1n) is 16.5. The third-order valence-corrected chi connectivity index (χ3v) is 9.74. The number of benzene rings is 3. The summed E-state index contributed by atoms with van der Waals surface area (Å²) in [6.45, 7) is 3.29. The van der Waals surface area contributed by atoms with Crippen LogP contribution in [0.4, 0.5) is 0 Å². The van der Waals surface area contributed by atoms with Crippen molar-refractivity contribution in [3.05, 3.63) is 107 Å². The molecule has 5 unspecified atom stereocenters. The first-order valence-corrected chi connectivity index (χ1v) is 16.9. The molecule has 2 saturated heterocycles. The fraction of sp³-hybridized carbons (Fsp3) is 0.432. The highest BCUT2D eigenvalue weighted by molar-refractivity contribution is 6.30. The molecular formula is C37H46ClN5O3. The van der Waals surface area contributed by atoms with Gasteiger partial charge in [0.15, 0.2) is 0 Å². The third-order valence-electron chi connectivity index (χ3n) is 9.50. The molecule has 0 spiro atoms. The zero-order chi connectivity index (χ0) is 32.5. The molecule has 8 nitrogen and oxygen atoms in total. The number of carbonyl (C=O) groups excluding carboxylic acids is 3. The fourth-order valence-corrected chi connectivity index (χ4v) is 7.23. The molecule has 46 heavy (non-hydrogen) atoms. The number of hydrogen-bond donors (Lipinski definition) is 4. The largest absolute Gasteiger partial charge is 0.343 e. The third kappa shape index (κ3) is 8.16. The van der Waals surface area contributed by atoms with Crippen LogP contribution < -0.4 is 21.3 Å². The lowest BCUT2D eigenvalue weighted by Crippen LogP contribution is -2.58. The Hall–Kier alpha value is -3.72. The van der Waals surface area contributed by atoms with Crippen LogP contribution in [0.1, 0.15) is 68.2 Å². The molecular weight excluding hydrogens is 598 g/mol. The summed E-state index contributed by atoms with van der Waals surface area (Å²) in [7, 11) is 1.76. The van der Waals surface area contributed by atoms with Gasteiger partial charge in [-0.3, -0.25) is 14.4 Å². The second-order valence-corrected chi connectivity index (χ2v) is 12.9. The van der Waals surface area contributed by atoms with Gasteiger partial charge in [-0.05, 0) is 86.9 Å². The summed E-state index contributed by atoms with van der Waals surface area (Å²) >= 11 is 6.16. The van der Waals surface area contributed by atoms with Crippen molar-refractivity contribution in [3.8, 4) is 0 Å². The highest BCUT2D eigenvalue weighted by atomic mass is 35.5. The Labute approximate surface area is 277 Å². The van der Waals surface area contributed by atoms with E-state index in [1.54, 1.807) is 11.9 Å². The molecule has 0 aromatic heterocycles. The predicted molar refractivity (Wildman–Crippen MR) is 182 cm³/mol. The van der Waals surface area contributed by atoms with E-state index < -0.39 is 18.1 Å². The van der Waals surface area contributed by atoms with E-state index in [2.05, 4.69) is 21.3 Å². The number of nitrogens with one attached hydrogen (secondary N) is 4. The van der Waals surface area contributed by atoms with E-state index in [0.717, 1.165) is 42.4 Å². The summed E-state index contributed by atoms with van der Waals surface area (Å²) in [5.74, 6) is -0.572. The van der Waals surface area contributed by atoms with Gasteiger partial charge in [-0.1, -0.05) is 91.3 Å². The lowest BCUT2D eigenvalue weighted by molar-refractivity contribution is -0.143. The van der Waals surface area contributed by atoms with Gasteiger partial charge in [0.1, 0.15) is 12.1 Å². The second kappa shape index (κ2) is 16.2. The lowest BCUT2D eigenvalue weighted by atomic mass is 9.90. The maximum Gasteiger partial charge on any atom is 0.246 e. The highest BCUT2D eigenvalue weighted by Gasteiger charge is 2.47. The van der Waals surface area contributed by atoms with Crippen molar-refractivity contribution in [1.82, 2.24) is 26.2 Å². The highest BCUT2D eigenvalue weighted by Crippen LogP contribution is 2.36. The molecule has 2 aliphatic rings. The summed E-state index contributed by atoms with van der Waals surface area (Å²) in [6, 6.07) is 25.5. The van der Waals surface area contributed by atoms with Crippen molar-refractivity contribution in [2.24, 2.45) is 5.92 Å². The summed E-state index contributed by atoms with van der Waals surface area (Å²) in [5, 5.41) is 13.7. The number of carbonyl (C=O) groups is 3. The Morgan fingerprint density at radius 3 is 2.22 bits per heavy atom. The second-order valence-electron chi connectivity index (χ2n) is 12.4. The van der Waals surface area contributed by atoms with E-state index in [1.165, 1.54) is 0 Å². The standard InChI is InChI=1S/C37H46ClN5O3/c1-3-31(39-2)35(44)42-34-28(21-22-40-24-25-11-10-16-29(38)23-25)17-18-30-19-20-32(43(30)37(34)46)36(45)41-33(26-12-6-4-7-13-26)27-14-8-5-9-15-27/h4-16,23,28,30-34,39-40H,3,17-22,24H2,1-2H3,(H,41,45)(H,42,44). The molecule has 3 amide bonds. The topological polar surface area (TPSA) is 103 Å². The zero-order valence-corrected chi connectivity index (χ0v) is 27.5. The number of nitrogens with zero attached hydrogens (tertiary/aromatic N) is 1. The molecule has 0 bridgehead atoms. The number of amides is 3. The van der Waals surface area contributed by atoms with Crippen LogP contribution >= 0.6 is 11.6 Å². The first kappa shape index (κ1) is 33.6. The van der Waals surface area contributed by atoms with Crippen molar-refractivity contribution < 1.29 is 14.4 Å². The number of rotatable bonds is 13. The molecule has 2 aliphatic heterocycles. The smallest absolute Gasteiger partial charge is 0.246 e. The molecule has 4 N–H and O–H groups in total. The van der Waals surface area contributed by atoms with Gasteiger partial charge in [-0.25, -0.2) is 0 Å². The Kier molecular flexibility index (Phi) is 11.9. The first-order chi connectivity index (χ1) is 22.4. The van der Waals surface area contributed by atoms with Gasteiger partial charge in [0.2, 0.25) is 17.7 Å². The van der Waals surface area contributed by atoms with Gasteiger partial charge in [0.25, 0.3) is 0 Å². The summed E-state index contributed by atoms with van der Waals surface area (Å²) < 4.78 is 0. The van der Waals surface area contributed by atoms with E-state index in [4.69, 9.17) is 11.6 Å². The molecule has 0 aliphatic carbocycles. The zero-order valence-electron chi connectivity index (χ0n) is 26.8. The van der Waals surface area contributed by atoms with Crippen LogP contribution in [0.5, 0.6) is 0 Å². The Morgan fingerprint density at radius 2 is 1.59 bits per heavy atom. The van der Waals surface area contributed by atoms with E-state index in [1.807, 2.05) is 91.9 Å². The molecule has 2 fully saturated rings. The number of hydrogen-bond acceptors (Lipinski definition) is 5. The van der Waals surface area contributed by atoms with Crippen molar-refractivity contribution in [2.75, 3.05) is 13.6 Å². The number of halogens is 1. The Bertz CT molecular complexity index is 1410. The van der Waals surface area contributed by atoms with Crippen molar-refractivity contribution in [2.45, 2.75) is 82.2 Å². The van der Waals surface area contributed by atoms with Gasteiger partial charge in [0, 0.05) is 17.6 Å². The normalized spacial score (nSPS) is 21.8. The molecule has 2 heterocycles. The van der Waals surface area contributed by atoms with Gasteiger partial charge in [-0.2, -0.15) is 0 Å². The van der Waals surface area contributed by atoms with Gasteiger partial charge >= 0.3 is 0 Å². The molecule has 0 radical (unpaired) electrons. The minimum Gasteiger partial charge on any atom is -0.343 e. The molecule has 0 saturated carbocycles. The maximum absolute atomic E-state index is 14.5. The molecule has 5 atom stereocenters. The van der Waals surface area contributed by atoms with Crippen LogP contribution in [-0.2, 0) is 20.9 Å². The van der Waals surface area contributed by atoms with Crippen LogP contribution in [0.25, 0.3) is 0 Å². The van der Waals surface area contributed by atoms with Crippen LogP contribution in [0.15, 0.2) is 84.9 Å². The summed E-state index contributed by atoms with van der Waals surface area (Å²) in [5.41, 5.74) is 3.05. The SMILES string of the molecule is CCC(NC)C(=O)NC1C(=O)N2C(CCC1CCNCc1cccc(Cl)c1)CCC2C(=O)NC(c1ccccc1)c1ccccc1. The van der Waals surface area contributed by atoms with E-state index in [0.29, 0.717) is 31.0 Å². The fourth-order valence-electron chi connectivity index (χ4n) is 7.01. The lowest BCUT2D eigenvalue weighted by Gasteiger charge is -2.33. The van der Waals surface area contributed by atoms with Crippen LogP contribution in [0.2, 0.25) is 5.02 Å². The maximum atomic E-state index is 14.5. The Balaban J connectivity index is 1.34.